The fraction of sp³-hybridized carbons (Fsp3) is 0.474. The second-order valence-electron chi connectivity index (χ2n) is 6.96. The molecule has 1 aromatic heterocycles. The molecule has 0 bridgehead atoms. The number of aliphatic imine (C=N–C) groups is 1. The summed E-state index contributed by atoms with van der Waals surface area (Å²) in [7, 11) is 5.84. The highest BCUT2D eigenvalue weighted by atomic mass is 32.1. The second-order valence-corrected chi connectivity index (χ2v) is 7.79. The lowest BCUT2D eigenvalue weighted by Crippen LogP contribution is -2.40. The maximum Gasteiger partial charge on any atom is 0.191 e. The van der Waals surface area contributed by atoms with E-state index in [1.54, 1.807) is 11.3 Å². The van der Waals surface area contributed by atoms with Crippen LogP contribution >= 0.6 is 11.3 Å². The van der Waals surface area contributed by atoms with E-state index in [-0.39, 0.29) is 0 Å². The van der Waals surface area contributed by atoms with Crippen molar-refractivity contribution in [3.05, 3.63) is 47.0 Å². The normalized spacial score (nSPS) is 15.7. The van der Waals surface area contributed by atoms with Crippen LogP contribution < -0.4 is 15.5 Å². The van der Waals surface area contributed by atoms with Crippen LogP contribution in [0.3, 0.4) is 0 Å². The molecule has 0 unspecified atom stereocenters. The molecule has 25 heavy (non-hydrogen) atoms. The zero-order valence-electron chi connectivity index (χ0n) is 15.2. The molecule has 1 saturated carbocycles. The Morgan fingerprint density at radius 1 is 1.24 bits per heavy atom. The van der Waals surface area contributed by atoms with Gasteiger partial charge in [-0.3, -0.25) is 4.99 Å². The van der Waals surface area contributed by atoms with Crippen molar-refractivity contribution in [2.24, 2.45) is 10.4 Å². The maximum absolute atomic E-state index is 4.59. The molecule has 0 amide bonds. The van der Waals surface area contributed by atoms with E-state index in [0.717, 1.165) is 29.8 Å². The van der Waals surface area contributed by atoms with E-state index in [9.17, 15) is 0 Å². The summed E-state index contributed by atoms with van der Waals surface area (Å²) in [6.45, 7) is 1.65. The number of benzene rings is 1. The van der Waals surface area contributed by atoms with Crippen LogP contribution in [-0.4, -0.2) is 38.6 Å². The van der Waals surface area contributed by atoms with Crippen molar-refractivity contribution >= 4 is 22.4 Å². The quantitative estimate of drug-likeness (QED) is 0.591. The molecule has 0 saturated heterocycles. The van der Waals surface area contributed by atoms with Crippen molar-refractivity contribution in [1.29, 1.82) is 0 Å². The summed E-state index contributed by atoms with van der Waals surface area (Å²) in [5.41, 5.74) is 2.85. The number of rotatable bonds is 7. The van der Waals surface area contributed by atoms with Gasteiger partial charge in [0.05, 0.1) is 12.2 Å². The Hall–Kier alpha value is -2.08. The minimum Gasteiger partial charge on any atom is -0.356 e. The van der Waals surface area contributed by atoms with Crippen LogP contribution in [-0.2, 0) is 13.0 Å². The Kier molecular flexibility index (Phi) is 5.58. The third kappa shape index (κ3) is 4.95. The van der Waals surface area contributed by atoms with E-state index < -0.39 is 0 Å². The van der Waals surface area contributed by atoms with E-state index in [1.807, 2.05) is 26.0 Å². The average molecular weight is 358 g/mol. The predicted molar refractivity (Wildman–Crippen MR) is 106 cm³/mol. The van der Waals surface area contributed by atoms with Crippen molar-refractivity contribution in [3.63, 3.8) is 0 Å². The monoisotopic (exact) mass is 357 g/mol. The number of nitrogens with one attached hydrogen (secondary N) is 2. The highest BCUT2D eigenvalue weighted by molar-refractivity contribution is 7.13. The average Bonchev–Trinajstić information content (AvgIpc) is 3.20. The van der Waals surface area contributed by atoms with Crippen LogP contribution in [0.2, 0.25) is 0 Å². The predicted octanol–water partition coefficient (Wildman–Crippen LogP) is 2.90. The first-order valence-corrected chi connectivity index (χ1v) is 9.58. The van der Waals surface area contributed by atoms with Crippen molar-refractivity contribution in [2.45, 2.75) is 25.8 Å². The van der Waals surface area contributed by atoms with Gasteiger partial charge in [-0.25, -0.2) is 4.98 Å². The molecular formula is C19H27N5S. The molecule has 1 aliphatic carbocycles. The first-order chi connectivity index (χ1) is 12.1. The van der Waals surface area contributed by atoms with Gasteiger partial charge in [-0.2, -0.15) is 0 Å². The molecule has 1 heterocycles. The van der Waals surface area contributed by atoms with E-state index in [2.05, 4.69) is 56.3 Å². The molecule has 0 atom stereocenters. The summed E-state index contributed by atoms with van der Waals surface area (Å²) in [5, 5.41) is 9.98. The first-order valence-electron chi connectivity index (χ1n) is 8.70. The molecule has 6 heteroatoms. The van der Waals surface area contributed by atoms with Crippen LogP contribution in [0.5, 0.6) is 0 Å². The molecule has 3 rings (SSSR count). The fourth-order valence-electron chi connectivity index (χ4n) is 2.87. The molecule has 2 aromatic rings. The van der Waals surface area contributed by atoms with Gasteiger partial charge in [-0.1, -0.05) is 30.3 Å². The van der Waals surface area contributed by atoms with E-state index >= 15 is 0 Å². The third-order valence-electron chi connectivity index (χ3n) is 4.59. The Balaban J connectivity index is 1.47. The summed E-state index contributed by atoms with van der Waals surface area (Å²) in [6, 6.07) is 10.8. The van der Waals surface area contributed by atoms with Gasteiger partial charge >= 0.3 is 0 Å². The summed E-state index contributed by atoms with van der Waals surface area (Å²) < 4.78 is 0. The van der Waals surface area contributed by atoms with Crippen LogP contribution in [0, 0.1) is 5.41 Å². The molecule has 1 aromatic carbocycles. The molecule has 0 radical (unpaired) electrons. The lowest BCUT2D eigenvalue weighted by molar-refractivity contribution is 0.492. The van der Waals surface area contributed by atoms with Crippen molar-refractivity contribution in [2.75, 3.05) is 32.6 Å². The van der Waals surface area contributed by atoms with Gasteiger partial charge in [0.25, 0.3) is 0 Å². The minimum atomic E-state index is 0.387. The van der Waals surface area contributed by atoms with Crippen LogP contribution in [0.15, 0.2) is 40.7 Å². The van der Waals surface area contributed by atoms with Crippen LogP contribution in [0.1, 0.15) is 24.1 Å². The van der Waals surface area contributed by atoms with Crippen molar-refractivity contribution in [3.8, 4) is 0 Å². The molecule has 2 N–H and O–H groups in total. The molecule has 1 fully saturated rings. The van der Waals surface area contributed by atoms with Crippen LogP contribution in [0.25, 0.3) is 0 Å². The van der Waals surface area contributed by atoms with E-state index in [1.165, 1.54) is 18.4 Å². The van der Waals surface area contributed by atoms with Crippen molar-refractivity contribution in [1.82, 2.24) is 15.6 Å². The number of anilines is 1. The number of thiazole rings is 1. The van der Waals surface area contributed by atoms with Gasteiger partial charge in [0.1, 0.15) is 0 Å². The molecule has 5 nitrogen and oxygen atoms in total. The molecule has 0 aliphatic heterocycles. The summed E-state index contributed by atoms with van der Waals surface area (Å²) >= 11 is 1.66. The zero-order valence-corrected chi connectivity index (χ0v) is 16.1. The summed E-state index contributed by atoms with van der Waals surface area (Å²) in [5.74, 6) is 0.846. The van der Waals surface area contributed by atoms with Crippen molar-refractivity contribution < 1.29 is 0 Å². The number of hydrogen-bond donors (Lipinski definition) is 2. The Morgan fingerprint density at radius 3 is 2.60 bits per heavy atom. The topological polar surface area (TPSA) is 52.6 Å². The second kappa shape index (κ2) is 7.87. The summed E-state index contributed by atoms with van der Waals surface area (Å²) in [4.78, 5) is 11.0. The van der Waals surface area contributed by atoms with Gasteiger partial charge in [-0.05, 0) is 30.2 Å². The lowest BCUT2D eigenvalue weighted by Gasteiger charge is -2.18. The Labute approximate surface area is 154 Å². The molecule has 1 aliphatic rings. The SMILES string of the molecule is CN=C(NCc1csc(N(C)C)n1)NCC1(Cc2ccccc2)CC1. The standard InChI is InChI=1S/C19H27N5S/c1-20-17(21-12-16-13-25-18(23-16)24(2)3)22-14-19(9-10-19)11-15-7-5-4-6-8-15/h4-8,13H,9-12,14H2,1-3H3,(H2,20,21,22). The molecule has 134 valence electrons. The Bertz CT molecular complexity index is 704. The molecular weight excluding hydrogens is 330 g/mol. The highest BCUT2D eigenvalue weighted by Gasteiger charge is 2.42. The van der Waals surface area contributed by atoms with Gasteiger partial charge in [0.15, 0.2) is 11.1 Å². The largest absolute Gasteiger partial charge is 0.356 e. The van der Waals surface area contributed by atoms with Gasteiger partial charge < -0.3 is 15.5 Å². The number of nitrogens with zero attached hydrogens (tertiary/aromatic N) is 3. The zero-order chi connectivity index (χ0) is 17.7. The lowest BCUT2D eigenvalue weighted by atomic mass is 9.96. The minimum absolute atomic E-state index is 0.387. The van der Waals surface area contributed by atoms with Gasteiger partial charge in [-0.15, -0.1) is 11.3 Å². The number of guanidine groups is 1. The highest BCUT2D eigenvalue weighted by Crippen LogP contribution is 2.47. The third-order valence-corrected chi connectivity index (χ3v) is 5.65. The smallest absolute Gasteiger partial charge is 0.191 e. The number of aromatic nitrogens is 1. The molecule has 0 spiro atoms. The first kappa shape index (κ1) is 17.7. The fourth-order valence-corrected chi connectivity index (χ4v) is 3.63. The van der Waals surface area contributed by atoms with Crippen LogP contribution in [0.4, 0.5) is 5.13 Å². The Morgan fingerprint density at radius 2 is 2.00 bits per heavy atom. The number of hydrogen-bond acceptors (Lipinski definition) is 4. The van der Waals surface area contributed by atoms with E-state index in [4.69, 9.17) is 0 Å². The maximum atomic E-state index is 4.59. The summed E-state index contributed by atoms with van der Waals surface area (Å²) in [6.07, 6.45) is 3.70. The van der Waals surface area contributed by atoms with Gasteiger partial charge in [0.2, 0.25) is 0 Å². The van der Waals surface area contributed by atoms with E-state index in [0.29, 0.717) is 12.0 Å². The van der Waals surface area contributed by atoms with Gasteiger partial charge in [0, 0.05) is 33.1 Å².